The van der Waals surface area contributed by atoms with Crippen molar-refractivity contribution in [2.45, 2.75) is 43.8 Å². The molecule has 158 valence electrons. The van der Waals surface area contributed by atoms with Crippen molar-refractivity contribution in [1.29, 1.82) is 0 Å². The second-order valence-electron chi connectivity index (χ2n) is 7.58. The van der Waals surface area contributed by atoms with Crippen LogP contribution in [0.5, 0.6) is 0 Å². The number of amides is 1. The molecule has 0 aliphatic rings. The summed E-state index contributed by atoms with van der Waals surface area (Å²) >= 11 is 1.71. The van der Waals surface area contributed by atoms with Gasteiger partial charge in [-0.1, -0.05) is 61.2 Å². The fourth-order valence-electron chi connectivity index (χ4n) is 3.27. The van der Waals surface area contributed by atoms with Gasteiger partial charge in [-0.05, 0) is 48.7 Å². The van der Waals surface area contributed by atoms with Gasteiger partial charge in [-0.15, -0.1) is 0 Å². The van der Waals surface area contributed by atoms with Gasteiger partial charge in [0.2, 0.25) is 0 Å². The molecule has 2 heterocycles. The number of imidazole rings is 1. The third kappa shape index (κ3) is 5.14. The molecule has 0 saturated carbocycles. The van der Waals surface area contributed by atoms with E-state index in [4.69, 9.17) is 4.98 Å². The average molecular weight is 431 g/mol. The van der Waals surface area contributed by atoms with E-state index >= 15 is 0 Å². The molecule has 4 aromatic rings. The quantitative estimate of drug-likeness (QED) is 0.385. The zero-order valence-corrected chi connectivity index (χ0v) is 18.6. The number of carbonyl (C=O) groups is 1. The van der Waals surface area contributed by atoms with Crippen LogP contribution in [0.25, 0.3) is 11.2 Å². The van der Waals surface area contributed by atoms with Gasteiger partial charge >= 0.3 is 0 Å². The van der Waals surface area contributed by atoms with Crippen LogP contribution in [0.3, 0.4) is 0 Å². The van der Waals surface area contributed by atoms with Crippen molar-refractivity contribution in [2.24, 2.45) is 0 Å². The zero-order chi connectivity index (χ0) is 21.6. The maximum atomic E-state index is 12.4. The fourth-order valence-corrected chi connectivity index (χ4v) is 4.22. The molecule has 1 atom stereocenters. The number of hydrogen-bond acceptors (Lipinski definition) is 4. The van der Waals surface area contributed by atoms with Gasteiger partial charge in [0.1, 0.15) is 5.52 Å². The van der Waals surface area contributed by atoms with Crippen LogP contribution in [0.2, 0.25) is 0 Å². The molecule has 0 spiro atoms. The third-order valence-electron chi connectivity index (χ3n) is 5.23. The Morgan fingerprint density at radius 2 is 1.81 bits per heavy atom. The van der Waals surface area contributed by atoms with Gasteiger partial charge in [0.05, 0.1) is 6.54 Å². The van der Waals surface area contributed by atoms with E-state index in [1.165, 1.54) is 5.56 Å². The zero-order valence-electron chi connectivity index (χ0n) is 17.8. The fraction of sp³-hybridized carbons (Fsp3) is 0.240. The van der Waals surface area contributed by atoms with E-state index in [0.717, 1.165) is 34.1 Å². The molecule has 2 aromatic heterocycles. The molecule has 1 unspecified atom stereocenters. The minimum atomic E-state index is -0.0326. The number of carbonyl (C=O) groups excluding carboxylic acids is 1. The second-order valence-corrected chi connectivity index (χ2v) is 8.52. The number of fused-ring (bicyclic) bond motifs is 1. The van der Waals surface area contributed by atoms with Crippen molar-refractivity contribution in [3.8, 4) is 0 Å². The molecule has 5 nitrogen and oxygen atoms in total. The molecule has 1 amide bonds. The predicted octanol–water partition coefficient (Wildman–Crippen LogP) is 5.30. The van der Waals surface area contributed by atoms with E-state index in [1.54, 1.807) is 18.0 Å². The first-order valence-electron chi connectivity index (χ1n) is 10.5. The van der Waals surface area contributed by atoms with Crippen molar-refractivity contribution in [3.05, 3.63) is 89.6 Å². The van der Waals surface area contributed by atoms with Crippen LogP contribution in [0.4, 0.5) is 0 Å². The standard InChI is InChI=1S/C25H26N4OS/c1-3-18(2)27-24(30)21-13-11-19(12-14-21)16-29-23-22(10-7-15-26-23)28-25(29)31-17-20-8-5-4-6-9-20/h4-15,18H,3,16-17H2,1-2H3,(H,27,30). The summed E-state index contributed by atoms with van der Waals surface area (Å²) in [6.07, 6.45) is 2.71. The van der Waals surface area contributed by atoms with Crippen molar-refractivity contribution in [2.75, 3.05) is 0 Å². The number of pyridine rings is 1. The molecule has 0 bridgehead atoms. The van der Waals surface area contributed by atoms with Gasteiger partial charge in [0.15, 0.2) is 10.8 Å². The highest BCUT2D eigenvalue weighted by molar-refractivity contribution is 7.98. The Kier molecular flexibility index (Phi) is 6.67. The Bertz CT molecular complexity index is 1160. The van der Waals surface area contributed by atoms with Crippen LogP contribution in [0, 0.1) is 0 Å². The summed E-state index contributed by atoms with van der Waals surface area (Å²) in [5, 5.41) is 3.95. The van der Waals surface area contributed by atoms with Gasteiger partial charge in [0.25, 0.3) is 5.91 Å². The normalized spacial score (nSPS) is 12.1. The Labute approximate surface area is 186 Å². The summed E-state index contributed by atoms with van der Waals surface area (Å²) in [6, 6.07) is 22.2. The molecule has 0 radical (unpaired) electrons. The maximum Gasteiger partial charge on any atom is 0.251 e. The third-order valence-corrected chi connectivity index (χ3v) is 6.27. The highest BCUT2D eigenvalue weighted by Crippen LogP contribution is 2.27. The number of hydrogen-bond donors (Lipinski definition) is 1. The van der Waals surface area contributed by atoms with Gasteiger partial charge in [-0.2, -0.15) is 0 Å². The summed E-state index contributed by atoms with van der Waals surface area (Å²) in [5.41, 5.74) is 4.80. The summed E-state index contributed by atoms with van der Waals surface area (Å²) < 4.78 is 2.15. The Morgan fingerprint density at radius 1 is 1.03 bits per heavy atom. The first kappa shape index (κ1) is 21.1. The predicted molar refractivity (Wildman–Crippen MR) is 126 cm³/mol. The molecule has 0 saturated heterocycles. The smallest absolute Gasteiger partial charge is 0.251 e. The number of nitrogens with one attached hydrogen (secondary N) is 1. The van der Waals surface area contributed by atoms with E-state index in [-0.39, 0.29) is 11.9 Å². The lowest BCUT2D eigenvalue weighted by Crippen LogP contribution is -2.31. The van der Waals surface area contributed by atoms with E-state index in [9.17, 15) is 4.79 Å². The number of benzene rings is 2. The molecule has 0 aliphatic heterocycles. The number of nitrogens with zero attached hydrogens (tertiary/aromatic N) is 3. The molecule has 0 aliphatic carbocycles. The van der Waals surface area contributed by atoms with E-state index in [1.807, 2.05) is 49.4 Å². The monoisotopic (exact) mass is 430 g/mol. The largest absolute Gasteiger partial charge is 0.350 e. The van der Waals surface area contributed by atoms with Crippen molar-refractivity contribution in [1.82, 2.24) is 19.9 Å². The lowest BCUT2D eigenvalue weighted by atomic mass is 10.1. The van der Waals surface area contributed by atoms with E-state index < -0.39 is 0 Å². The minimum Gasteiger partial charge on any atom is -0.350 e. The highest BCUT2D eigenvalue weighted by atomic mass is 32.2. The van der Waals surface area contributed by atoms with Crippen LogP contribution in [0.1, 0.15) is 41.8 Å². The second kappa shape index (κ2) is 9.79. The Hall–Kier alpha value is -3.12. The van der Waals surface area contributed by atoms with Crippen molar-refractivity contribution < 1.29 is 4.79 Å². The van der Waals surface area contributed by atoms with Gasteiger partial charge < -0.3 is 5.32 Å². The van der Waals surface area contributed by atoms with E-state index in [2.05, 4.69) is 46.1 Å². The van der Waals surface area contributed by atoms with Crippen molar-refractivity contribution >= 4 is 28.8 Å². The first-order valence-corrected chi connectivity index (χ1v) is 11.5. The molecule has 4 rings (SSSR count). The number of thioether (sulfide) groups is 1. The summed E-state index contributed by atoms with van der Waals surface area (Å²) in [5.74, 6) is 0.813. The van der Waals surface area contributed by atoms with Crippen LogP contribution in [0.15, 0.2) is 78.1 Å². The minimum absolute atomic E-state index is 0.0326. The van der Waals surface area contributed by atoms with Crippen LogP contribution in [-0.4, -0.2) is 26.5 Å². The summed E-state index contributed by atoms with van der Waals surface area (Å²) in [6.45, 7) is 4.72. The number of rotatable bonds is 8. The summed E-state index contributed by atoms with van der Waals surface area (Å²) in [7, 11) is 0. The first-order chi connectivity index (χ1) is 15.1. The topological polar surface area (TPSA) is 59.8 Å². The van der Waals surface area contributed by atoms with Crippen LogP contribution < -0.4 is 5.32 Å². The Balaban J connectivity index is 1.55. The molecule has 1 N–H and O–H groups in total. The molecular weight excluding hydrogens is 404 g/mol. The van der Waals surface area contributed by atoms with Gasteiger partial charge in [0, 0.05) is 23.6 Å². The highest BCUT2D eigenvalue weighted by Gasteiger charge is 2.14. The lowest BCUT2D eigenvalue weighted by Gasteiger charge is -2.12. The SMILES string of the molecule is CCC(C)NC(=O)c1ccc(Cn2c(SCc3ccccc3)nc3cccnc32)cc1. The maximum absolute atomic E-state index is 12.4. The molecule has 31 heavy (non-hydrogen) atoms. The molecule has 2 aromatic carbocycles. The molecule has 0 fully saturated rings. The van der Waals surface area contributed by atoms with E-state index in [0.29, 0.717) is 12.1 Å². The van der Waals surface area contributed by atoms with Crippen molar-refractivity contribution in [3.63, 3.8) is 0 Å². The summed E-state index contributed by atoms with van der Waals surface area (Å²) in [4.78, 5) is 21.7. The average Bonchev–Trinajstić information content (AvgIpc) is 3.16. The Morgan fingerprint density at radius 3 is 2.55 bits per heavy atom. The lowest BCUT2D eigenvalue weighted by molar-refractivity contribution is 0.0939. The van der Waals surface area contributed by atoms with Crippen LogP contribution >= 0.6 is 11.8 Å². The molecule has 6 heteroatoms. The molecular formula is C25H26N4OS. The number of aromatic nitrogens is 3. The van der Waals surface area contributed by atoms with Gasteiger partial charge in [-0.3, -0.25) is 9.36 Å². The van der Waals surface area contributed by atoms with Gasteiger partial charge in [-0.25, -0.2) is 9.97 Å². The van der Waals surface area contributed by atoms with Crippen LogP contribution in [-0.2, 0) is 12.3 Å².